The number of likely N-dealkylation sites (tertiary alicyclic amines) is 1. The van der Waals surface area contributed by atoms with Crippen molar-refractivity contribution in [2.75, 3.05) is 19.3 Å². The van der Waals surface area contributed by atoms with Crippen molar-refractivity contribution in [3.63, 3.8) is 0 Å². The summed E-state index contributed by atoms with van der Waals surface area (Å²) in [6.45, 7) is 0.780. The minimum atomic E-state index is -3.07. The zero-order valence-electron chi connectivity index (χ0n) is 9.35. The van der Waals surface area contributed by atoms with Crippen LogP contribution in [0.4, 0.5) is 0 Å². The quantitative estimate of drug-likeness (QED) is 0.643. The monoisotopic (exact) mass is 259 g/mol. The molecule has 1 aromatic rings. The average molecular weight is 259 g/mol. The molecule has 1 aromatic heterocycles. The summed E-state index contributed by atoms with van der Waals surface area (Å²) in [7, 11) is -3.07. The summed E-state index contributed by atoms with van der Waals surface area (Å²) in [6.07, 6.45) is 3.05. The molecule has 94 valence electrons. The van der Waals surface area contributed by atoms with Crippen LogP contribution in [0.3, 0.4) is 0 Å². The minimum absolute atomic E-state index is 0.0451. The van der Waals surface area contributed by atoms with Crippen molar-refractivity contribution in [1.29, 1.82) is 0 Å². The summed E-state index contributed by atoms with van der Waals surface area (Å²) in [6, 6.07) is 0. The summed E-state index contributed by atoms with van der Waals surface area (Å²) in [5.41, 5.74) is 0. The molecule has 0 aliphatic carbocycles. The molecule has 1 aliphatic rings. The molecule has 0 saturated carbocycles. The zero-order valence-corrected chi connectivity index (χ0v) is 10.2. The van der Waals surface area contributed by atoms with E-state index in [4.69, 9.17) is 0 Å². The predicted octanol–water partition coefficient (Wildman–Crippen LogP) is -1.68. The maximum absolute atomic E-state index is 11.8. The third-order valence-electron chi connectivity index (χ3n) is 2.79. The lowest BCUT2D eigenvalue weighted by molar-refractivity contribution is -0.130. The molecule has 1 amide bonds. The van der Waals surface area contributed by atoms with Crippen molar-refractivity contribution in [3.8, 4) is 0 Å². The Labute approximate surface area is 98.5 Å². The van der Waals surface area contributed by atoms with E-state index in [2.05, 4.69) is 15.5 Å². The molecule has 1 aliphatic heterocycles. The van der Waals surface area contributed by atoms with Gasteiger partial charge in [0.1, 0.15) is 12.9 Å². The Kier molecular flexibility index (Phi) is 3.09. The Hall–Kier alpha value is -1.51. The van der Waals surface area contributed by atoms with E-state index in [0.717, 1.165) is 0 Å². The van der Waals surface area contributed by atoms with Gasteiger partial charge in [-0.25, -0.2) is 13.1 Å². The Morgan fingerprint density at radius 1 is 1.53 bits per heavy atom. The van der Waals surface area contributed by atoms with Crippen LogP contribution in [0, 0.1) is 0 Å². The molecule has 0 radical (unpaired) electrons. The highest BCUT2D eigenvalue weighted by Crippen LogP contribution is 2.16. The number of hydrogen-bond acceptors (Lipinski definition) is 6. The van der Waals surface area contributed by atoms with Gasteiger partial charge in [-0.05, 0) is 16.8 Å². The normalized spacial score (nSPS) is 20.8. The van der Waals surface area contributed by atoms with Gasteiger partial charge in [-0.15, -0.1) is 5.10 Å². The van der Waals surface area contributed by atoms with E-state index < -0.39 is 15.1 Å². The van der Waals surface area contributed by atoms with Crippen LogP contribution >= 0.6 is 0 Å². The first-order chi connectivity index (χ1) is 7.97. The maximum Gasteiger partial charge on any atom is 0.244 e. The third-order valence-corrected chi connectivity index (χ3v) is 4.39. The summed E-state index contributed by atoms with van der Waals surface area (Å²) in [5, 5.41) is 9.98. The Balaban J connectivity index is 1.95. The zero-order chi connectivity index (χ0) is 12.5. The molecular formula is C8H13N5O3S. The van der Waals surface area contributed by atoms with Gasteiger partial charge >= 0.3 is 0 Å². The molecule has 1 saturated heterocycles. The average Bonchev–Trinajstić information content (AvgIpc) is 2.85. The van der Waals surface area contributed by atoms with Gasteiger partial charge in [0.25, 0.3) is 0 Å². The van der Waals surface area contributed by atoms with E-state index in [0.29, 0.717) is 13.0 Å². The summed E-state index contributed by atoms with van der Waals surface area (Å²) in [5.74, 6) is -0.163. The van der Waals surface area contributed by atoms with Crippen molar-refractivity contribution >= 4 is 15.7 Å². The second-order valence-electron chi connectivity index (χ2n) is 4.09. The SMILES string of the molecule is CS(=O)(=O)C1CCN(C(=O)Cn2cnnn2)C1. The number of hydrogen-bond donors (Lipinski definition) is 0. The van der Waals surface area contributed by atoms with Gasteiger partial charge in [0.15, 0.2) is 9.84 Å². The molecule has 0 N–H and O–H groups in total. The molecule has 17 heavy (non-hydrogen) atoms. The van der Waals surface area contributed by atoms with E-state index in [1.54, 1.807) is 0 Å². The molecule has 1 atom stereocenters. The van der Waals surface area contributed by atoms with Gasteiger partial charge < -0.3 is 4.90 Å². The van der Waals surface area contributed by atoms with Crippen LogP contribution < -0.4 is 0 Å². The third kappa shape index (κ3) is 2.78. The fourth-order valence-corrected chi connectivity index (χ4v) is 2.78. The first-order valence-corrected chi connectivity index (χ1v) is 7.09. The smallest absolute Gasteiger partial charge is 0.244 e. The molecular weight excluding hydrogens is 246 g/mol. The molecule has 1 fully saturated rings. The number of nitrogens with zero attached hydrogens (tertiary/aromatic N) is 5. The molecule has 0 aromatic carbocycles. The number of amides is 1. The molecule has 0 bridgehead atoms. The van der Waals surface area contributed by atoms with Crippen molar-refractivity contribution in [2.24, 2.45) is 0 Å². The summed E-state index contributed by atoms with van der Waals surface area (Å²) >= 11 is 0. The lowest BCUT2D eigenvalue weighted by Gasteiger charge is -2.15. The van der Waals surface area contributed by atoms with Crippen molar-refractivity contribution in [1.82, 2.24) is 25.1 Å². The Bertz CT molecular complexity index is 497. The summed E-state index contributed by atoms with van der Waals surface area (Å²) < 4.78 is 24.0. The fraction of sp³-hybridized carbons (Fsp3) is 0.750. The predicted molar refractivity (Wildman–Crippen MR) is 57.6 cm³/mol. The molecule has 9 heteroatoms. The van der Waals surface area contributed by atoms with Gasteiger partial charge in [0.05, 0.1) is 5.25 Å². The molecule has 2 rings (SSSR count). The van der Waals surface area contributed by atoms with Crippen LogP contribution in [0.1, 0.15) is 6.42 Å². The van der Waals surface area contributed by atoms with Crippen LogP contribution in [0.15, 0.2) is 6.33 Å². The highest BCUT2D eigenvalue weighted by atomic mass is 32.2. The van der Waals surface area contributed by atoms with Gasteiger partial charge in [-0.2, -0.15) is 0 Å². The highest BCUT2D eigenvalue weighted by Gasteiger charge is 2.32. The molecule has 8 nitrogen and oxygen atoms in total. The van der Waals surface area contributed by atoms with Gasteiger partial charge in [0, 0.05) is 19.3 Å². The van der Waals surface area contributed by atoms with Crippen LogP contribution in [0.25, 0.3) is 0 Å². The van der Waals surface area contributed by atoms with E-state index >= 15 is 0 Å². The second kappa shape index (κ2) is 4.40. The Morgan fingerprint density at radius 3 is 2.82 bits per heavy atom. The number of rotatable bonds is 3. The van der Waals surface area contributed by atoms with E-state index in [9.17, 15) is 13.2 Å². The van der Waals surface area contributed by atoms with Crippen LogP contribution in [0.2, 0.25) is 0 Å². The van der Waals surface area contributed by atoms with Crippen LogP contribution in [0.5, 0.6) is 0 Å². The largest absolute Gasteiger partial charge is 0.340 e. The summed E-state index contributed by atoms with van der Waals surface area (Å²) in [4.78, 5) is 13.3. The highest BCUT2D eigenvalue weighted by molar-refractivity contribution is 7.91. The van der Waals surface area contributed by atoms with Crippen molar-refractivity contribution in [2.45, 2.75) is 18.2 Å². The van der Waals surface area contributed by atoms with Gasteiger partial charge in [0.2, 0.25) is 5.91 Å². The number of carbonyl (C=O) groups excluding carboxylic acids is 1. The molecule has 2 heterocycles. The number of carbonyl (C=O) groups is 1. The first-order valence-electron chi connectivity index (χ1n) is 5.14. The fourth-order valence-electron chi connectivity index (χ4n) is 1.80. The van der Waals surface area contributed by atoms with Gasteiger partial charge in [-0.1, -0.05) is 0 Å². The van der Waals surface area contributed by atoms with E-state index in [1.807, 2.05) is 0 Å². The minimum Gasteiger partial charge on any atom is -0.340 e. The van der Waals surface area contributed by atoms with Gasteiger partial charge in [-0.3, -0.25) is 4.79 Å². The second-order valence-corrected chi connectivity index (χ2v) is 6.41. The van der Waals surface area contributed by atoms with E-state index in [1.165, 1.54) is 22.2 Å². The van der Waals surface area contributed by atoms with Crippen LogP contribution in [-0.2, 0) is 21.2 Å². The number of aromatic nitrogens is 4. The molecule has 1 unspecified atom stereocenters. The number of sulfone groups is 1. The lowest BCUT2D eigenvalue weighted by atomic mass is 10.4. The maximum atomic E-state index is 11.8. The van der Waals surface area contributed by atoms with E-state index in [-0.39, 0.29) is 19.0 Å². The van der Waals surface area contributed by atoms with Crippen LogP contribution in [-0.4, -0.2) is 64.0 Å². The Morgan fingerprint density at radius 2 is 2.29 bits per heavy atom. The topological polar surface area (TPSA) is 98.1 Å². The lowest BCUT2D eigenvalue weighted by Crippen LogP contribution is -2.34. The van der Waals surface area contributed by atoms with Crippen molar-refractivity contribution in [3.05, 3.63) is 6.33 Å². The standard InChI is InChI=1S/C8H13N5O3S/c1-17(15,16)7-2-3-12(4-7)8(14)5-13-6-9-10-11-13/h6-7H,2-5H2,1H3. The number of tetrazole rings is 1. The first kappa shape index (κ1) is 12.0. The van der Waals surface area contributed by atoms with Crippen molar-refractivity contribution < 1.29 is 13.2 Å². The molecule has 0 spiro atoms.